The molecule has 1 aromatic heterocycles. The van der Waals surface area contributed by atoms with E-state index < -0.39 is 5.63 Å². The lowest BCUT2D eigenvalue weighted by molar-refractivity contribution is 0.0742. The summed E-state index contributed by atoms with van der Waals surface area (Å²) in [5.74, 6) is 0.516. The first kappa shape index (κ1) is 19.8. The van der Waals surface area contributed by atoms with Crippen LogP contribution in [0.1, 0.15) is 15.9 Å². The minimum atomic E-state index is -0.601. The molecule has 0 unspecified atom stereocenters. The maximum absolute atomic E-state index is 13.0. The molecular formula is C24H24N2O4. The van der Waals surface area contributed by atoms with Gasteiger partial charge in [0.1, 0.15) is 16.9 Å². The molecule has 0 radical (unpaired) electrons. The van der Waals surface area contributed by atoms with Crippen molar-refractivity contribution in [1.29, 1.82) is 0 Å². The second kappa shape index (κ2) is 8.45. The Bertz CT molecular complexity index is 1140. The molecule has 0 spiro atoms. The number of carbonyl (C=O) groups excluding carboxylic acids is 1. The van der Waals surface area contributed by atoms with E-state index in [0.29, 0.717) is 38.2 Å². The maximum atomic E-state index is 13.0. The number of amides is 1. The summed E-state index contributed by atoms with van der Waals surface area (Å²) in [7, 11) is 1.65. The number of fused-ring (bicyclic) bond motifs is 1. The van der Waals surface area contributed by atoms with Gasteiger partial charge in [-0.15, -0.1) is 6.58 Å². The Morgan fingerprint density at radius 3 is 2.63 bits per heavy atom. The van der Waals surface area contributed by atoms with Crippen molar-refractivity contribution in [2.75, 3.05) is 38.2 Å². The highest BCUT2D eigenvalue weighted by molar-refractivity contribution is 5.97. The summed E-state index contributed by atoms with van der Waals surface area (Å²) in [6, 6.07) is 15.1. The Kier molecular flexibility index (Phi) is 5.57. The topological polar surface area (TPSA) is 63.0 Å². The molecule has 0 aliphatic carbocycles. The van der Waals surface area contributed by atoms with Crippen LogP contribution >= 0.6 is 0 Å². The van der Waals surface area contributed by atoms with Crippen molar-refractivity contribution >= 4 is 22.6 Å². The molecule has 0 saturated carbocycles. The molecule has 30 heavy (non-hydrogen) atoms. The zero-order valence-electron chi connectivity index (χ0n) is 17.0. The number of anilines is 1. The molecule has 154 valence electrons. The normalized spacial score (nSPS) is 14.0. The van der Waals surface area contributed by atoms with Crippen molar-refractivity contribution in [1.82, 2.24) is 4.90 Å². The van der Waals surface area contributed by atoms with E-state index in [1.54, 1.807) is 24.2 Å². The summed E-state index contributed by atoms with van der Waals surface area (Å²) in [5.41, 5.74) is 1.87. The number of hydrogen-bond donors (Lipinski definition) is 0. The van der Waals surface area contributed by atoms with Crippen LogP contribution in [0, 0.1) is 0 Å². The number of methoxy groups -OCH3 is 1. The van der Waals surface area contributed by atoms with E-state index in [1.807, 2.05) is 42.5 Å². The quantitative estimate of drug-likeness (QED) is 0.481. The maximum Gasteiger partial charge on any atom is 0.349 e. The molecule has 1 aliphatic rings. The number of piperazine rings is 1. The number of rotatable bonds is 5. The van der Waals surface area contributed by atoms with Gasteiger partial charge < -0.3 is 19.0 Å². The minimum Gasteiger partial charge on any atom is -0.495 e. The lowest BCUT2D eigenvalue weighted by Crippen LogP contribution is -2.49. The molecule has 0 atom stereocenters. The van der Waals surface area contributed by atoms with E-state index in [-0.39, 0.29) is 11.5 Å². The smallest absolute Gasteiger partial charge is 0.349 e. The van der Waals surface area contributed by atoms with Gasteiger partial charge in [-0.3, -0.25) is 4.79 Å². The van der Waals surface area contributed by atoms with Crippen molar-refractivity contribution in [2.24, 2.45) is 0 Å². The zero-order chi connectivity index (χ0) is 21.1. The third kappa shape index (κ3) is 3.68. The minimum absolute atomic E-state index is 0.0731. The van der Waals surface area contributed by atoms with Crippen LogP contribution in [-0.2, 0) is 6.42 Å². The number of allylic oxidation sites excluding steroid dienone is 1. The highest BCUT2D eigenvalue weighted by Crippen LogP contribution is 2.28. The summed E-state index contributed by atoms with van der Waals surface area (Å²) in [4.78, 5) is 29.5. The summed E-state index contributed by atoms with van der Waals surface area (Å²) >= 11 is 0. The number of ether oxygens (including phenoxy) is 1. The predicted octanol–water partition coefficient (Wildman–Crippen LogP) is 3.49. The second-order valence-electron chi connectivity index (χ2n) is 7.23. The molecule has 2 heterocycles. The Morgan fingerprint density at radius 2 is 1.90 bits per heavy atom. The number of para-hydroxylation sites is 3. The van der Waals surface area contributed by atoms with Crippen LogP contribution < -0.4 is 15.3 Å². The van der Waals surface area contributed by atoms with Gasteiger partial charge in [0.05, 0.1) is 12.8 Å². The van der Waals surface area contributed by atoms with Crippen molar-refractivity contribution in [3.63, 3.8) is 0 Å². The van der Waals surface area contributed by atoms with Crippen LogP contribution in [-0.4, -0.2) is 44.1 Å². The van der Waals surface area contributed by atoms with Crippen molar-refractivity contribution < 1.29 is 13.9 Å². The van der Waals surface area contributed by atoms with Gasteiger partial charge >= 0.3 is 5.63 Å². The summed E-state index contributed by atoms with van der Waals surface area (Å²) in [5, 5.41) is 0.741. The fourth-order valence-corrected chi connectivity index (χ4v) is 3.88. The van der Waals surface area contributed by atoms with Crippen LogP contribution in [0.3, 0.4) is 0 Å². The van der Waals surface area contributed by atoms with Crippen molar-refractivity contribution in [3.05, 3.63) is 82.7 Å². The molecule has 1 saturated heterocycles. The highest BCUT2D eigenvalue weighted by atomic mass is 16.5. The monoisotopic (exact) mass is 404 g/mol. The molecule has 2 aromatic carbocycles. The molecule has 0 N–H and O–H groups in total. The van der Waals surface area contributed by atoms with Gasteiger partial charge in [-0.25, -0.2) is 4.79 Å². The first-order valence-electron chi connectivity index (χ1n) is 9.96. The van der Waals surface area contributed by atoms with Gasteiger partial charge in [0.25, 0.3) is 5.91 Å². The molecule has 4 rings (SSSR count). The SMILES string of the molecule is C=CCc1cccc2cc(C(=O)N3CCN(c4ccccc4OC)CC3)c(=O)oc12. The molecule has 6 nitrogen and oxygen atoms in total. The van der Waals surface area contributed by atoms with Crippen LogP contribution in [0.5, 0.6) is 5.75 Å². The summed E-state index contributed by atoms with van der Waals surface area (Å²) < 4.78 is 11.0. The molecule has 1 aliphatic heterocycles. The van der Waals surface area contributed by atoms with E-state index in [2.05, 4.69) is 11.5 Å². The largest absolute Gasteiger partial charge is 0.495 e. The fraction of sp³-hybridized carbons (Fsp3) is 0.250. The summed E-state index contributed by atoms with van der Waals surface area (Å²) in [6.07, 6.45) is 2.35. The predicted molar refractivity (Wildman–Crippen MR) is 117 cm³/mol. The van der Waals surface area contributed by atoms with Gasteiger partial charge in [-0.05, 0) is 30.2 Å². The van der Waals surface area contributed by atoms with Crippen LogP contribution in [0.4, 0.5) is 5.69 Å². The Hall–Kier alpha value is -3.54. The zero-order valence-corrected chi connectivity index (χ0v) is 17.0. The van der Waals surface area contributed by atoms with E-state index in [9.17, 15) is 9.59 Å². The number of benzene rings is 2. The van der Waals surface area contributed by atoms with Gasteiger partial charge in [0, 0.05) is 31.6 Å². The first-order chi connectivity index (χ1) is 14.6. The highest BCUT2D eigenvalue weighted by Gasteiger charge is 2.26. The molecule has 3 aromatic rings. The van der Waals surface area contributed by atoms with E-state index in [4.69, 9.17) is 9.15 Å². The molecule has 6 heteroatoms. The van der Waals surface area contributed by atoms with Gasteiger partial charge in [-0.1, -0.05) is 36.4 Å². The van der Waals surface area contributed by atoms with E-state index in [0.717, 1.165) is 22.4 Å². The van der Waals surface area contributed by atoms with Crippen molar-refractivity contribution in [3.8, 4) is 5.75 Å². The Labute approximate surface area is 175 Å². The average Bonchev–Trinajstić information content (AvgIpc) is 2.79. The van der Waals surface area contributed by atoms with Crippen LogP contribution in [0.15, 0.2) is 70.4 Å². The van der Waals surface area contributed by atoms with Gasteiger partial charge in [-0.2, -0.15) is 0 Å². The molecule has 1 fully saturated rings. The number of hydrogen-bond acceptors (Lipinski definition) is 5. The van der Waals surface area contributed by atoms with Gasteiger partial charge in [0.15, 0.2) is 0 Å². The van der Waals surface area contributed by atoms with E-state index >= 15 is 0 Å². The third-order valence-corrected chi connectivity index (χ3v) is 5.43. The van der Waals surface area contributed by atoms with Crippen LogP contribution in [0.2, 0.25) is 0 Å². The Morgan fingerprint density at radius 1 is 1.13 bits per heavy atom. The second-order valence-corrected chi connectivity index (χ2v) is 7.23. The third-order valence-electron chi connectivity index (χ3n) is 5.43. The lowest BCUT2D eigenvalue weighted by atomic mass is 10.1. The molecule has 0 bridgehead atoms. The molecular weight excluding hydrogens is 380 g/mol. The number of carbonyl (C=O) groups is 1. The van der Waals surface area contributed by atoms with Crippen LogP contribution in [0.25, 0.3) is 11.0 Å². The number of nitrogens with zero attached hydrogens (tertiary/aromatic N) is 2. The van der Waals surface area contributed by atoms with E-state index in [1.165, 1.54) is 0 Å². The average molecular weight is 404 g/mol. The Balaban J connectivity index is 1.54. The van der Waals surface area contributed by atoms with Crippen molar-refractivity contribution in [2.45, 2.75) is 6.42 Å². The summed E-state index contributed by atoms with van der Waals surface area (Å²) in [6.45, 7) is 6.10. The first-order valence-corrected chi connectivity index (χ1v) is 9.96. The van der Waals surface area contributed by atoms with Gasteiger partial charge in [0.2, 0.25) is 0 Å². The standard InChI is InChI=1S/C24H24N2O4/c1-3-7-17-8-6-9-18-16-19(24(28)30-22(17)18)23(27)26-14-12-25(13-15-26)20-10-4-5-11-21(20)29-2/h3-6,8-11,16H,1,7,12-15H2,2H3. The lowest BCUT2D eigenvalue weighted by Gasteiger charge is -2.36. The molecule has 1 amide bonds. The fourth-order valence-electron chi connectivity index (χ4n) is 3.88.